The maximum atomic E-state index is 11.6. The van der Waals surface area contributed by atoms with E-state index in [-0.39, 0.29) is 11.4 Å². The predicted octanol–water partition coefficient (Wildman–Crippen LogP) is 1.99. The molecule has 1 amide bonds. The Morgan fingerprint density at radius 2 is 1.70 bits per heavy atom. The highest BCUT2D eigenvalue weighted by Crippen LogP contribution is 2.12. The summed E-state index contributed by atoms with van der Waals surface area (Å²) in [7, 11) is -3.27. The van der Waals surface area contributed by atoms with Gasteiger partial charge in [0.1, 0.15) is 0 Å². The summed E-state index contributed by atoms with van der Waals surface area (Å²) in [5.41, 5.74) is 1.03. The Hall–Kier alpha value is -1.82. The van der Waals surface area contributed by atoms with Crippen molar-refractivity contribution in [2.45, 2.75) is 26.3 Å². The van der Waals surface area contributed by atoms with Gasteiger partial charge in [-0.1, -0.05) is 12.1 Å². The molecule has 0 aliphatic heterocycles. The monoisotopic (exact) mass is 296 g/mol. The van der Waals surface area contributed by atoms with Crippen LogP contribution >= 0.6 is 0 Å². The molecule has 0 saturated heterocycles. The summed E-state index contributed by atoms with van der Waals surface area (Å²) < 4.78 is 24.5. The second kappa shape index (κ2) is 6.09. The lowest BCUT2D eigenvalue weighted by Crippen LogP contribution is -2.39. The Morgan fingerprint density at radius 3 is 2.15 bits per heavy atom. The quantitative estimate of drug-likeness (QED) is 0.834. The molecule has 0 aliphatic rings. The lowest BCUT2D eigenvalue weighted by molar-refractivity contribution is -0.117. The van der Waals surface area contributed by atoms with E-state index in [9.17, 15) is 13.2 Å². The Labute approximate surface area is 120 Å². The van der Waals surface area contributed by atoms with Crippen molar-refractivity contribution < 1.29 is 13.2 Å². The maximum Gasteiger partial charge on any atom is 0.244 e. The summed E-state index contributed by atoms with van der Waals surface area (Å²) in [5.74, 6) is -0.171. The van der Waals surface area contributed by atoms with Crippen molar-refractivity contribution >= 4 is 27.7 Å². The third kappa shape index (κ3) is 6.94. The number of hydrogen-bond acceptors (Lipinski definition) is 3. The molecule has 6 heteroatoms. The number of carbonyl (C=O) groups is 1. The second-order valence-corrected chi connectivity index (χ2v) is 7.32. The molecule has 0 radical (unpaired) electrons. The van der Waals surface area contributed by atoms with Gasteiger partial charge >= 0.3 is 0 Å². The van der Waals surface area contributed by atoms with Crippen molar-refractivity contribution in [3.05, 3.63) is 35.9 Å². The van der Waals surface area contributed by atoms with Gasteiger partial charge in [0.25, 0.3) is 0 Å². The highest BCUT2D eigenvalue weighted by molar-refractivity contribution is 7.92. The standard InChI is InChI=1S/C14H20N2O3S/c1-14(2,3)15-13(17)10-7-11-5-8-12(9-6-11)16-20(4,18)19/h5-10,16H,1-4H3,(H,15,17)/b10-7+. The number of nitrogens with one attached hydrogen (secondary N) is 2. The zero-order chi connectivity index (χ0) is 15.4. The molecule has 1 aromatic rings. The molecule has 0 saturated carbocycles. The second-order valence-electron chi connectivity index (χ2n) is 5.57. The smallest absolute Gasteiger partial charge is 0.244 e. The van der Waals surface area contributed by atoms with Gasteiger partial charge in [-0.15, -0.1) is 0 Å². The minimum atomic E-state index is -3.27. The van der Waals surface area contributed by atoms with Gasteiger partial charge in [0.2, 0.25) is 15.9 Å². The third-order valence-electron chi connectivity index (χ3n) is 2.14. The number of carbonyl (C=O) groups excluding carboxylic acids is 1. The highest BCUT2D eigenvalue weighted by atomic mass is 32.2. The molecule has 5 nitrogen and oxygen atoms in total. The lowest BCUT2D eigenvalue weighted by Gasteiger charge is -2.18. The summed E-state index contributed by atoms with van der Waals surface area (Å²) in [5, 5.41) is 2.81. The molecule has 0 bridgehead atoms. The number of amides is 1. The normalized spacial score (nSPS) is 12.4. The van der Waals surface area contributed by atoms with Crippen LogP contribution in [0, 0.1) is 0 Å². The topological polar surface area (TPSA) is 75.3 Å². The van der Waals surface area contributed by atoms with Crippen LogP contribution in [0.3, 0.4) is 0 Å². The molecule has 0 aliphatic carbocycles. The summed E-state index contributed by atoms with van der Waals surface area (Å²) >= 11 is 0. The van der Waals surface area contributed by atoms with Gasteiger partial charge < -0.3 is 5.32 Å². The van der Waals surface area contributed by atoms with Crippen molar-refractivity contribution in [2.75, 3.05) is 11.0 Å². The SMILES string of the molecule is CC(C)(C)NC(=O)/C=C/c1ccc(NS(C)(=O)=O)cc1. The van der Waals surface area contributed by atoms with E-state index in [0.29, 0.717) is 5.69 Å². The molecule has 110 valence electrons. The number of anilines is 1. The Balaban J connectivity index is 2.68. The summed E-state index contributed by atoms with van der Waals surface area (Å²) in [6, 6.07) is 6.74. The van der Waals surface area contributed by atoms with E-state index in [0.717, 1.165) is 11.8 Å². The van der Waals surface area contributed by atoms with Crippen molar-refractivity contribution in [1.29, 1.82) is 0 Å². The van der Waals surface area contributed by atoms with Crippen LogP contribution in [-0.4, -0.2) is 26.1 Å². The van der Waals surface area contributed by atoms with Crippen LogP contribution in [0.2, 0.25) is 0 Å². The maximum absolute atomic E-state index is 11.6. The first-order valence-electron chi connectivity index (χ1n) is 6.13. The highest BCUT2D eigenvalue weighted by Gasteiger charge is 2.10. The van der Waals surface area contributed by atoms with Crippen LogP contribution in [0.25, 0.3) is 6.08 Å². The predicted molar refractivity (Wildman–Crippen MR) is 81.8 cm³/mol. The van der Waals surface area contributed by atoms with E-state index in [4.69, 9.17) is 0 Å². The van der Waals surface area contributed by atoms with Crippen LogP contribution < -0.4 is 10.0 Å². The fourth-order valence-electron chi connectivity index (χ4n) is 1.46. The number of rotatable bonds is 4. The molecular weight excluding hydrogens is 276 g/mol. The Kier molecular flexibility index (Phi) is 4.94. The Morgan fingerprint density at radius 1 is 1.15 bits per heavy atom. The summed E-state index contributed by atoms with van der Waals surface area (Å²) in [6.45, 7) is 5.72. The van der Waals surface area contributed by atoms with E-state index in [2.05, 4.69) is 10.0 Å². The fourth-order valence-corrected chi connectivity index (χ4v) is 2.02. The zero-order valence-electron chi connectivity index (χ0n) is 12.1. The first-order valence-corrected chi connectivity index (χ1v) is 8.02. The minimum Gasteiger partial charge on any atom is -0.348 e. The molecule has 0 spiro atoms. The van der Waals surface area contributed by atoms with Crippen LogP contribution in [-0.2, 0) is 14.8 Å². The van der Waals surface area contributed by atoms with E-state index < -0.39 is 10.0 Å². The summed E-state index contributed by atoms with van der Waals surface area (Å²) in [6.07, 6.45) is 4.22. The largest absolute Gasteiger partial charge is 0.348 e. The molecule has 0 heterocycles. The minimum absolute atomic E-state index is 0.171. The van der Waals surface area contributed by atoms with Gasteiger partial charge in [-0.2, -0.15) is 0 Å². The molecular formula is C14H20N2O3S. The van der Waals surface area contributed by atoms with Crippen molar-refractivity contribution in [2.24, 2.45) is 0 Å². The number of benzene rings is 1. The van der Waals surface area contributed by atoms with Crippen LogP contribution in [0.4, 0.5) is 5.69 Å². The van der Waals surface area contributed by atoms with Crippen molar-refractivity contribution in [1.82, 2.24) is 5.32 Å². The number of hydrogen-bond donors (Lipinski definition) is 2. The zero-order valence-corrected chi connectivity index (χ0v) is 12.9. The van der Waals surface area contributed by atoms with E-state index in [1.807, 2.05) is 20.8 Å². The fraction of sp³-hybridized carbons (Fsp3) is 0.357. The van der Waals surface area contributed by atoms with Gasteiger partial charge in [-0.25, -0.2) is 8.42 Å². The average Bonchev–Trinajstić information content (AvgIpc) is 2.23. The van der Waals surface area contributed by atoms with Gasteiger partial charge in [-0.05, 0) is 44.5 Å². The lowest BCUT2D eigenvalue weighted by atomic mass is 10.1. The van der Waals surface area contributed by atoms with Crippen LogP contribution in [0.1, 0.15) is 26.3 Å². The Bertz CT molecular complexity index is 596. The number of sulfonamides is 1. The van der Waals surface area contributed by atoms with E-state index in [1.165, 1.54) is 6.08 Å². The van der Waals surface area contributed by atoms with E-state index >= 15 is 0 Å². The van der Waals surface area contributed by atoms with Crippen molar-refractivity contribution in [3.8, 4) is 0 Å². The third-order valence-corrected chi connectivity index (χ3v) is 2.75. The molecule has 0 unspecified atom stereocenters. The van der Waals surface area contributed by atoms with Crippen LogP contribution in [0.15, 0.2) is 30.3 Å². The molecule has 2 N–H and O–H groups in total. The van der Waals surface area contributed by atoms with Crippen molar-refractivity contribution in [3.63, 3.8) is 0 Å². The van der Waals surface area contributed by atoms with Gasteiger partial charge in [0.05, 0.1) is 6.26 Å². The molecule has 1 aromatic carbocycles. The molecule has 1 rings (SSSR count). The first-order chi connectivity index (χ1) is 9.05. The van der Waals surface area contributed by atoms with E-state index in [1.54, 1.807) is 30.3 Å². The van der Waals surface area contributed by atoms with Gasteiger partial charge in [0, 0.05) is 17.3 Å². The van der Waals surface area contributed by atoms with Gasteiger partial charge in [0.15, 0.2) is 0 Å². The molecule has 20 heavy (non-hydrogen) atoms. The first kappa shape index (κ1) is 16.2. The molecule has 0 atom stereocenters. The van der Waals surface area contributed by atoms with Crippen LogP contribution in [0.5, 0.6) is 0 Å². The summed E-state index contributed by atoms with van der Waals surface area (Å²) in [4.78, 5) is 11.6. The molecule has 0 fully saturated rings. The van der Waals surface area contributed by atoms with Gasteiger partial charge in [-0.3, -0.25) is 9.52 Å². The average molecular weight is 296 g/mol. The molecule has 0 aromatic heterocycles.